The first-order valence-corrected chi connectivity index (χ1v) is 11.8. The number of ether oxygens (including phenoxy) is 1. The van der Waals surface area contributed by atoms with E-state index in [1.54, 1.807) is 21.6 Å². The summed E-state index contributed by atoms with van der Waals surface area (Å²) in [7, 11) is 0. The normalized spacial score (nSPS) is 22.0. The number of aliphatic hydroxyl groups excluding tert-OH is 1. The number of hydrogen-bond donors (Lipinski definition) is 2. The lowest BCUT2D eigenvalue weighted by molar-refractivity contribution is -0.600. The van der Waals surface area contributed by atoms with Crippen LogP contribution in [0.4, 0.5) is 8.78 Å². The zero-order valence-corrected chi connectivity index (χ0v) is 18.8. The van der Waals surface area contributed by atoms with Gasteiger partial charge in [0.15, 0.2) is 17.0 Å². The lowest BCUT2D eigenvalue weighted by atomic mass is 9.87. The molecule has 0 bridgehead atoms. The van der Waals surface area contributed by atoms with Crippen LogP contribution in [0, 0.1) is 5.92 Å². The highest BCUT2D eigenvalue weighted by Crippen LogP contribution is 2.34. The third-order valence-corrected chi connectivity index (χ3v) is 7.11. The molecular weight excluding hydrogens is 446 g/mol. The Morgan fingerprint density at radius 2 is 1.94 bits per heavy atom. The summed E-state index contributed by atoms with van der Waals surface area (Å²) in [6.07, 6.45) is 6.83. The van der Waals surface area contributed by atoms with Crippen molar-refractivity contribution < 1.29 is 27.9 Å². The number of amides is 1. The Morgan fingerprint density at radius 3 is 2.59 bits per heavy atom. The highest BCUT2D eigenvalue weighted by molar-refractivity contribution is 5.97. The van der Waals surface area contributed by atoms with Gasteiger partial charge in [-0.3, -0.25) is 9.48 Å². The third-order valence-electron chi connectivity index (χ3n) is 7.11. The fraction of sp³-hybridized carbons (Fsp3) is 0.565. The van der Waals surface area contributed by atoms with Crippen LogP contribution in [0.5, 0.6) is 0 Å². The summed E-state index contributed by atoms with van der Waals surface area (Å²) in [5.74, 6) is -0.226. The Kier molecular flexibility index (Phi) is 6.30. The van der Waals surface area contributed by atoms with E-state index in [1.807, 2.05) is 6.07 Å². The van der Waals surface area contributed by atoms with Gasteiger partial charge >= 0.3 is 5.65 Å². The molecule has 2 aliphatic rings. The molecule has 11 heteroatoms. The highest BCUT2D eigenvalue weighted by Gasteiger charge is 2.31. The van der Waals surface area contributed by atoms with Crippen LogP contribution in [0.2, 0.25) is 0 Å². The summed E-state index contributed by atoms with van der Waals surface area (Å²) in [6.45, 7) is 1.45. The summed E-state index contributed by atoms with van der Waals surface area (Å²) in [6, 6.07) is 1.84. The van der Waals surface area contributed by atoms with Gasteiger partial charge in [-0.1, -0.05) is 0 Å². The first-order valence-electron chi connectivity index (χ1n) is 11.8. The summed E-state index contributed by atoms with van der Waals surface area (Å²) in [5.41, 5.74) is 6.76. The molecule has 1 saturated heterocycles. The molecule has 1 aliphatic carbocycles. The van der Waals surface area contributed by atoms with Crippen molar-refractivity contribution in [1.82, 2.24) is 19.4 Å². The quantitative estimate of drug-likeness (QED) is 0.532. The zero-order chi connectivity index (χ0) is 23.8. The van der Waals surface area contributed by atoms with Crippen LogP contribution in [-0.2, 0) is 4.74 Å². The monoisotopic (exact) mass is 475 g/mol. The van der Waals surface area contributed by atoms with Gasteiger partial charge in [-0.2, -0.15) is 9.78 Å². The summed E-state index contributed by atoms with van der Waals surface area (Å²) in [4.78, 5) is 16.9. The molecule has 3 aromatic rings. The fourth-order valence-electron chi connectivity index (χ4n) is 5.12. The van der Waals surface area contributed by atoms with Gasteiger partial charge in [-0.05, 0) is 49.4 Å². The maximum atomic E-state index is 14.0. The molecule has 0 atom stereocenters. The molecule has 1 amide bonds. The molecule has 0 spiro atoms. The zero-order valence-electron chi connectivity index (χ0n) is 18.8. The first kappa shape index (κ1) is 22.9. The van der Waals surface area contributed by atoms with Crippen LogP contribution >= 0.6 is 0 Å². The van der Waals surface area contributed by atoms with Crippen molar-refractivity contribution >= 4 is 11.6 Å². The molecule has 1 aliphatic heterocycles. The third kappa shape index (κ3) is 4.18. The van der Waals surface area contributed by atoms with E-state index >= 15 is 0 Å². The van der Waals surface area contributed by atoms with Crippen molar-refractivity contribution in [3.05, 3.63) is 41.6 Å². The smallest absolute Gasteiger partial charge is 0.361 e. The number of aliphatic hydroxyl groups is 1. The van der Waals surface area contributed by atoms with Gasteiger partial charge in [-0.25, -0.2) is 8.78 Å². The van der Waals surface area contributed by atoms with Gasteiger partial charge in [0.1, 0.15) is 11.9 Å². The lowest BCUT2D eigenvalue weighted by Gasteiger charge is -2.27. The number of carbonyl (C=O) groups is 1. The van der Waals surface area contributed by atoms with E-state index in [9.17, 15) is 18.7 Å². The number of nitrogens with two attached hydrogens (primary N) is 1. The Bertz CT molecular complexity index is 1180. The molecule has 2 fully saturated rings. The molecule has 0 radical (unpaired) electrons. The molecule has 3 N–H and O–H groups in total. The molecule has 4 heterocycles. The van der Waals surface area contributed by atoms with Crippen molar-refractivity contribution in [3.63, 3.8) is 0 Å². The highest BCUT2D eigenvalue weighted by atomic mass is 19.3. The van der Waals surface area contributed by atoms with Crippen molar-refractivity contribution in [2.45, 2.75) is 56.9 Å². The van der Waals surface area contributed by atoms with Crippen LogP contribution in [0.25, 0.3) is 11.3 Å². The Morgan fingerprint density at radius 1 is 1.21 bits per heavy atom. The molecule has 3 aromatic heterocycles. The number of aromatic nitrogens is 5. The van der Waals surface area contributed by atoms with Crippen molar-refractivity contribution in [3.8, 4) is 5.69 Å². The van der Waals surface area contributed by atoms with Gasteiger partial charge in [0.05, 0.1) is 18.4 Å². The number of alkyl halides is 2. The molecule has 34 heavy (non-hydrogen) atoms. The van der Waals surface area contributed by atoms with Gasteiger partial charge in [0.2, 0.25) is 0 Å². The number of hydrogen-bond acceptors (Lipinski definition) is 5. The first-order chi connectivity index (χ1) is 16.5. The Balaban J connectivity index is 1.56. The average molecular weight is 476 g/mol. The maximum Gasteiger partial charge on any atom is 0.361 e. The van der Waals surface area contributed by atoms with E-state index in [-0.39, 0.29) is 41.4 Å². The standard InChI is InChI=1S/C23H28F2N6O3/c24-21(25)20-19(12-29(28-20)16-3-1-14(13-32)2-4-16)31-11-17(22(26)33)23-27-18(5-8-30(23)31)15-6-9-34-10-7-15/h5,8,11-12,14-16,21,32H,1-4,6-7,9-10,13H2,(H-,26,33)/p+1. The second kappa shape index (κ2) is 9.38. The molecule has 5 rings (SSSR count). The average Bonchev–Trinajstić information content (AvgIpc) is 3.46. The minimum Gasteiger partial charge on any atom is -0.396 e. The van der Waals surface area contributed by atoms with Gasteiger partial charge < -0.3 is 15.6 Å². The maximum absolute atomic E-state index is 14.0. The van der Waals surface area contributed by atoms with E-state index in [4.69, 9.17) is 15.5 Å². The van der Waals surface area contributed by atoms with E-state index < -0.39 is 12.3 Å². The predicted octanol–water partition coefficient (Wildman–Crippen LogP) is 2.46. The van der Waals surface area contributed by atoms with E-state index in [0.717, 1.165) is 44.2 Å². The van der Waals surface area contributed by atoms with Crippen LogP contribution in [0.3, 0.4) is 0 Å². The topological polar surface area (TPSA) is 112 Å². The molecule has 9 nitrogen and oxygen atoms in total. The van der Waals surface area contributed by atoms with Crippen molar-refractivity contribution in [1.29, 1.82) is 0 Å². The number of nitrogens with zero attached hydrogens (tertiary/aromatic N) is 5. The van der Waals surface area contributed by atoms with Crippen molar-refractivity contribution in [2.24, 2.45) is 11.7 Å². The SMILES string of the molecule is NC(=O)c1cn(-c2cn(C3CCC(CO)CC3)nc2C(F)F)[n+]2ccc(C3CCOCC3)nc12. The number of carbonyl (C=O) groups excluding carboxylic acids is 1. The molecule has 1 saturated carbocycles. The number of rotatable bonds is 6. The Labute approximate surface area is 195 Å². The minimum atomic E-state index is -2.80. The van der Waals surface area contributed by atoms with Gasteiger partial charge in [0, 0.05) is 31.8 Å². The number of fused-ring (bicyclic) bond motifs is 1. The predicted molar refractivity (Wildman–Crippen MR) is 117 cm³/mol. The number of primary amides is 1. The van der Waals surface area contributed by atoms with Gasteiger partial charge in [0.25, 0.3) is 12.3 Å². The van der Waals surface area contributed by atoms with Crippen LogP contribution in [0.1, 0.15) is 78.7 Å². The van der Waals surface area contributed by atoms with E-state index in [0.29, 0.717) is 18.9 Å². The summed E-state index contributed by atoms with van der Waals surface area (Å²) in [5, 5.41) is 13.6. The summed E-state index contributed by atoms with van der Waals surface area (Å²) >= 11 is 0. The lowest BCUT2D eigenvalue weighted by Crippen LogP contribution is -2.33. The fourth-order valence-corrected chi connectivity index (χ4v) is 5.12. The van der Waals surface area contributed by atoms with Crippen LogP contribution in [-0.4, -0.2) is 50.3 Å². The molecule has 0 unspecified atom stereocenters. The Hall–Kier alpha value is -2.92. The van der Waals surface area contributed by atoms with Crippen molar-refractivity contribution in [2.75, 3.05) is 19.8 Å². The summed E-state index contributed by atoms with van der Waals surface area (Å²) < 4.78 is 38.1. The molecule has 0 aromatic carbocycles. The second-order valence-corrected chi connectivity index (χ2v) is 9.20. The number of halogens is 2. The van der Waals surface area contributed by atoms with E-state index in [2.05, 4.69) is 5.10 Å². The largest absolute Gasteiger partial charge is 0.396 e. The van der Waals surface area contributed by atoms with Gasteiger partial charge in [-0.15, -0.1) is 4.52 Å². The van der Waals surface area contributed by atoms with Crippen LogP contribution < -0.4 is 10.2 Å². The second-order valence-electron chi connectivity index (χ2n) is 9.20. The minimum absolute atomic E-state index is 0.0188. The molecule has 182 valence electrons. The van der Waals surface area contributed by atoms with E-state index in [1.165, 1.54) is 10.9 Å². The molecular formula is C23H29F2N6O3+. The van der Waals surface area contributed by atoms with Crippen LogP contribution in [0.15, 0.2) is 24.7 Å².